The van der Waals surface area contributed by atoms with Gasteiger partial charge in [-0.2, -0.15) is 0 Å². The number of hydrogen-bond acceptors (Lipinski definition) is 5. The largest absolute Gasteiger partial charge is 0.508 e. The molecular weight excluding hydrogens is 292 g/mol. The van der Waals surface area contributed by atoms with E-state index in [1.54, 1.807) is 13.0 Å². The predicted molar refractivity (Wildman–Crippen MR) is 77.7 cm³/mol. The van der Waals surface area contributed by atoms with Gasteiger partial charge in [-0.05, 0) is 36.4 Å². The number of phenolic OH excluding ortho intramolecular Hbond substituents is 1. The number of aromatic hydroxyl groups is 1. The molecule has 21 heavy (non-hydrogen) atoms. The van der Waals surface area contributed by atoms with Crippen molar-refractivity contribution in [3.63, 3.8) is 0 Å². The van der Waals surface area contributed by atoms with E-state index in [4.69, 9.17) is 4.42 Å². The first-order valence-electron chi connectivity index (χ1n) is 6.13. The number of anilines is 1. The molecule has 1 heterocycles. The van der Waals surface area contributed by atoms with Gasteiger partial charge in [-0.1, -0.05) is 0 Å². The summed E-state index contributed by atoms with van der Waals surface area (Å²) >= 11 is 0. The number of fused-ring (bicyclic) bond motifs is 1. The Hall–Kier alpha value is -2.54. The smallest absolute Gasteiger partial charge is 0.262 e. The maximum atomic E-state index is 12.3. The van der Waals surface area contributed by atoms with Gasteiger partial charge in [0.15, 0.2) is 11.5 Å². The highest BCUT2D eigenvalue weighted by atomic mass is 32.2. The van der Waals surface area contributed by atoms with Gasteiger partial charge in [-0.3, -0.25) is 4.72 Å². The number of hydrogen-bond donors (Lipinski definition) is 2. The fourth-order valence-electron chi connectivity index (χ4n) is 1.93. The van der Waals surface area contributed by atoms with Gasteiger partial charge in [-0.15, -0.1) is 0 Å². The molecule has 0 amide bonds. The first kappa shape index (κ1) is 13.4. The van der Waals surface area contributed by atoms with Crippen molar-refractivity contribution in [3.8, 4) is 5.75 Å². The molecule has 0 aliphatic carbocycles. The number of nitrogens with zero attached hydrogens (tertiary/aromatic N) is 1. The number of aryl methyl sites for hydroxylation is 1. The molecule has 0 atom stereocenters. The average molecular weight is 304 g/mol. The summed E-state index contributed by atoms with van der Waals surface area (Å²) in [4.78, 5) is 4.20. The lowest BCUT2D eigenvalue weighted by Gasteiger charge is -2.07. The number of phenols is 1. The van der Waals surface area contributed by atoms with Crippen LogP contribution in [0.25, 0.3) is 11.1 Å². The van der Waals surface area contributed by atoms with Crippen LogP contribution in [0.2, 0.25) is 0 Å². The number of rotatable bonds is 3. The van der Waals surface area contributed by atoms with Crippen LogP contribution >= 0.6 is 0 Å². The Morgan fingerprint density at radius 3 is 2.57 bits per heavy atom. The first-order chi connectivity index (χ1) is 9.94. The standard InChI is InChI=1S/C14H12N2O4S/c1-9-15-13-7-6-12(8-14(13)20-9)21(18,19)16-10-2-4-11(17)5-3-10/h2-8,16-17H,1H3. The molecule has 0 unspecified atom stereocenters. The molecule has 3 aromatic rings. The minimum Gasteiger partial charge on any atom is -0.508 e. The van der Waals surface area contributed by atoms with Gasteiger partial charge in [0.25, 0.3) is 10.0 Å². The molecule has 0 fully saturated rings. The highest BCUT2D eigenvalue weighted by molar-refractivity contribution is 7.92. The van der Waals surface area contributed by atoms with Crippen molar-refractivity contribution in [2.75, 3.05) is 4.72 Å². The topological polar surface area (TPSA) is 92.4 Å². The Balaban J connectivity index is 1.97. The van der Waals surface area contributed by atoms with Gasteiger partial charge in [0.1, 0.15) is 11.3 Å². The molecule has 108 valence electrons. The fourth-order valence-corrected chi connectivity index (χ4v) is 3.00. The van der Waals surface area contributed by atoms with Gasteiger partial charge in [0, 0.05) is 18.7 Å². The summed E-state index contributed by atoms with van der Waals surface area (Å²) < 4.78 is 32.4. The van der Waals surface area contributed by atoms with Crippen LogP contribution in [-0.4, -0.2) is 18.5 Å². The molecule has 6 nitrogen and oxygen atoms in total. The van der Waals surface area contributed by atoms with Crippen molar-refractivity contribution in [1.29, 1.82) is 0 Å². The summed E-state index contributed by atoms with van der Waals surface area (Å²) in [5, 5.41) is 9.20. The number of sulfonamides is 1. The second kappa shape index (κ2) is 4.78. The van der Waals surface area contributed by atoms with E-state index in [1.807, 2.05) is 0 Å². The lowest BCUT2D eigenvalue weighted by atomic mass is 10.3. The van der Waals surface area contributed by atoms with Gasteiger partial charge in [-0.25, -0.2) is 13.4 Å². The quantitative estimate of drug-likeness (QED) is 0.726. The highest BCUT2D eigenvalue weighted by Gasteiger charge is 2.16. The van der Waals surface area contributed by atoms with E-state index in [0.29, 0.717) is 22.7 Å². The monoisotopic (exact) mass is 304 g/mol. The maximum absolute atomic E-state index is 12.3. The van der Waals surface area contributed by atoms with E-state index in [0.717, 1.165) is 0 Å². The fraction of sp³-hybridized carbons (Fsp3) is 0.0714. The molecule has 0 bridgehead atoms. The zero-order chi connectivity index (χ0) is 15.0. The zero-order valence-corrected chi connectivity index (χ0v) is 11.9. The van der Waals surface area contributed by atoms with E-state index < -0.39 is 10.0 Å². The van der Waals surface area contributed by atoms with Crippen molar-refractivity contribution < 1.29 is 17.9 Å². The van der Waals surface area contributed by atoms with Gasteiger partial charge in [0.05, 0.1) is 4.90 Å². The molecule has 0 radical (unpaired) electrons. The van der Waals surface area contributed by atoms with Gasteiger partial charge in [0.2, 0.25) is 0 Å². The van der Waals surface area contributed by atoms with Crippen molar-refractivity contribution in [2.24, 2.45) is 0 Å². The summed E-state index contributed by atoms with van der Waals surface area (Å²) in [6.07, 6.45) is 0. The molecule has 2 N–H and O–H groups in total. The molecule has 0 saturated heterocycles. The Morgan fingerprint density at radius 1 is 1.14 bits per heavy atom. The van der Waals surface area contributed by atoms with Gasteiger partial charge < -0.3 is 9.52 Å². The van der Waals surface area contributed by atoms with Crippen LogP contribution in [0.3, 0.4) is 0 Å². The van der Waals surface area contributed by atoms with Crippen molar-refractivity contribution in [3.05, 3.63) is 48.4 Å². The van der Waals surface area contributed by atoms with E-state index in [9.17, 15) is 13.5 Å². The SMILES string of the molecule is Cc1nc2ccc(S(=O)(=O)Nc3ccc(O)cc3)cc2o1. The van der Waals surface area contributed by atoms with Crippen LogP contribution in [0.15, 0.2) is 51.8 Å². The Bertz CT molecular complexity index is 898. The van der Waals surface area contributed by atoms with Crippen LogP contribution < -0.4 is 4.72 Å². The Labute approximate surface area is 121 Å². The van der Waals surface area contributed by atoms with Crippen molar-refractivity contribution in [2.45, 2.75) is 11.8 Å². The summed E-state index contributed by atoms with van der Waals surface area (Å²) in [6, 6.07) is 10.2. The molecule has 0 spiro atoms. The van der Waals surface area contributed by atoms with Crippen molar-refractivity contribution in [1.82, 2.24) is 4.98 Å². The average Bonchev–Trinajstić information content (AvgIpc) is 2.80. The molecule has 0 saturated carbocycles. The summed E-state index contributed by atoms with van der Waals surface area (Å²) in [5.41, 5.74) is 1.39. The van der Waals surface area contributed by atoms with E-state index in [-0.39, 0.29) is 10.6 Å². The number of aromatic nitrogens is 1. The number of nitrogens with one attached hydrogen (secondary N) is 1. The number of oxazole rings is 1. The zero-order valence-electron chi connectivity index (χ0n) is 11.1. The van der Waals surface area contributed by atoms with Crippen LogP contribution in [0.1, 0.15) is 5.89 Å². The molecule has 0 aliphatic rings. The minimum atomic E-state index is -3.73. The maximum Gasteiger partial charge on any atom is 0.262 e. The second-order valence-electron chi connectivity index (χ2n) is 4.51. The van der Waals surface area contributed by atoms with Crippen LogP contribution in [-0.2, 0) is 10.0 Å². The van der Waals surface area contributed by atoms with Crippen molar-refractivity contribution >= 4 is 26.8 Å². The van der Waals surface area contributed by atoms with Gasteiger partial charge >= 0.3 is 0 Å². The molecule has 1 aromatic heterocycles. The van der Waals surface area contributed by atoms with Crippen LogP contribution in [0, 0.1) is 6.92 Å². The lowest BCUT2D eigenvalue weighted by Crippen LogP contribution is -2.12. The molecule has 2 aromatic carbocycles. The Morgan fingerprint density at radius 2 is 1.86 bits per heavy atom. The lowest BCUT2D eigenvalue weighted by molar-refractivity contribution is 0.475. The van der Waals surface area contributed by atoms with Crippen LogP contribution in [0.5, 0.6) is 5.75 Å². The Kier molecular flexibility index (Phi) is 3.06. The second-order valence-corrected chi connectivity index (χ2v) is 6.20. The molecular formula is C14H12N2O4S. The number of benzene rings is 2. The first-order valence-corrected chi connectivity index (χ1v) is 7.61. The summed E-state index contributed by atoms with van der Waals surface area (Å²) in [6.45, 7) is 1.70. The van der Waals surface area contributed by atoms with Crippen LogP contribution in [0.4, 0.5) is 5.69 Å². The third-order valence-corrected chi connectivity index (χ3v) is 4.28. The summed E-state index contributed by atoms with van der Waals surface area (Å²) in [5.74, 6) is 0.544. The van der Waals surface area contributed by atoms with E-state index >= 15 is 0 Å². The minimum absolute atomic E-state index is 0.0662. The van der Waals surface area contributed by atoms with E-state index in [2.05, 4.69) is 9.71 Å². The molecule has 3 rings (SSSR count). The normalized spacial score (nSPS) is 11.7. The third kappa shape index (κ3) is 2.68. The predicted octanol–water partition coefficient (Wildman–Crippen LogP) is 2.64. The molecule has 0 aliphatic heterocycles. The summed E-state index contributed by atoms with van der Waals surface area (Å²) in [7, 11) is -3.73. The highest BCUT2D eigenvalue weighted by Crippen LogP contribution is 2.22. The third-order valence-electron chi connectivity index (χ3n) is 2.90. The van der Waals surface area contributed by atoms with E-state index in [1.165, 1.54) is 36.4 Å². The molecule has 7 heteroatoms.